The van der Waals surface area contributed by atoms with Crippen molar-refractivity contribution in [1.29, 1.82) is 0 Å². The summed E-state index contributed by atoms with van der Waals surface area (Å²) in [5, 5.41) is 0. The van der Waals surface area contributed by atoms with Crippen molar-refractivity contribution in [3.63, 3.8) is 0 Å². The Hall–Kier alpha value is -0.470. The van der Waals surface area contributed by atoms with Crippen LogP contribution in [0.3, 0.4) is 0 Å². The summed E-state index contributed by atoms with van der Waals surface area (Å²) < 4.78 is 1.20. The van der Waals surface area contributed by atoms with Gasteiger partial charge >= 0.3 is 0 Å². The van der Waals surface area contributed by atoms with E-state index in [1.807, 2.05) is 0 Å². The minimum absolute atomic E-state index is 0.233. The van der Waals surface area contributed by atoms with Crippen molar-refractivity contribution in [2.75, 3.05) is 38.9 Å². The summed E-state index contributed by atoms with van der Waals surface area (Å²) in [6.45, 7) is 5.86. The Balaban J connectivity index is 1.74. The lowest BCUT2D eigenvalue weighted by Gasteiger charge is -2.59. The standard InChI is InChI=1S/C13H19N3P/c1-12-2-4-13(5-3-12)16-7-14-6-15(8-16)10-17(9-14)11-16/h2-5H,6-11H2,1H3/q+1. The fraction of sp³-hybridized carbons (Fsp3) is 0.538. The first-order chi connectivity index (χ1) is 8.23. The molecule has 5 rings (SSSR count). The molecule has 0 radical (unpaired) electrons. The second-order valence-corrected chi connectivity index (χ2v) is 8.03. The van der Waals surface area contributed by atoms with Gasteiger partial charge in [-0.1, -0.05) is 17.7 Å². The van der Waals surface area contributed by atoms with Crippen LogP contribution >= 0.6 is 7.92 Å². The van der Waals surface area contributed by atoms with Gasteiger partial charge in [-0.3, -0.25) is 4.48 Å². The summed E-state index contributed by atoms with van der Waals surface area (Å²) in [5.41, 5.74) is 2.89. The van der Waals surface area contributed by atoms with Gasteiger partial charge in [-0.25, -0.2) is 9.80 Å². The number of hydrogen-bond acceptors (Lipinski definition) is 2. The van der Waals surface area contributed by atoms with E-state index in [-0.39, 0.29) is 7.92 Å². The van der Waals surface area contributed by atoms with Crippen LogP contribution in [-0.2, 0) is 0 Å². The zero-order chi connectivity index (χ0) is 11.5. The molecule has 4 saturated heterocycles. The normalized spacial score (nSPS) is 43.0. The van der Waals surface area contributed by atoms with Gasteiger partial charge in [0.15, 0.2) is 0 Å². The third-order valence-corrected chi connectivity index (χ3v) is 6.74. The average molecular weight is 248 g/mol. The van der Waals surface area contributed by atoms with Crippen molar-refractivity contribution in [1.82, 2.24) is 14.3 Å². The minimum Gasteiger partial charge on any atom is -0.263 e. The van der Waals surface area contributed by atoms with Crippen LogP contribution in [0.5, 0.6) is 0 Å². The van der Waals surface area contributed by atoms with Gasteiger partial charge in [-0.05, 0) is 27.0 Å². The Morgan fingerprint density at radius 1 is 1.06 bits per heavy atom. The van der Waals surface area contributed by atoms with Crippen molar-refractivity contribution < 1.29 is 0 Å². The topological polar surface area (TPSA) is 6.48 Å². The molecule has 4 aliphatic heterocycles. The third-order valence-electron chi connectivity index (χ3n) is 4.19. The lowest BCUT2D eigenvalue weighted by Crippen LogP contribution is -2.72. The van der Waals surface area contributed by atoms with Crippen LogP contribution in [0.25, 0.3) is 0 Å². The van der Waals surface area contributed by atoms with Crippen molar-refractivity contribution in [2.24, 2.45) is 0 Å². The first kappa shape index (κ1) is 10.5. The van der Waals surface area contributed by atoms with E-state index in [1.54, 1.807) is 0 Å². The quantitative estimate of drug-likeness (QED) is 0.555. The van der Waals surface area contributed by atoms with Gasteiger partial charge in [-0.15, -0.1) is 0 Å². The Kier molecular flexibility index (Phi) is 2.16. The fourth-order valence-corrected chi connectivity index (χ4v) is 6.50. The molecule has 1 aromatic rings. The molecular formula is C13H19N3P+. The Bertz CT molecular complexity index is 407. The molecule has 3 nitrogen and oxygen atoms in total. The predicted octanol–water partition coefficient (Wildman–Crippen LogP) is 2.17. The van der Waals surface area contributed by atoms with E-state index in [2.05, 4.69) is 41.0 Å². The molecule has 0 amide bonds. The largest absolute Gasteiger partial charge is 0.263 e. The average Bonchev–Trinajstić information content (AvgIpc) is 2.27. The number of rotatable bonds is 1. The van der Waals surface area contributed by atoms with Crippen molar-refractivity contribution in [2.45, 2.75) is 6.92 Å². The van der Waals surface area contributed by atoms with Crippen LogP contribution in [0, 0.1) is 6.92 Å². The van der Waals surface area contributed by atoms with Crippen LogP contribution < -0.4 is 4.48 Å². The molecule has 0 saturated carbocycles. The summed E-state index contributed by atoms with van der Waals surface area (Å²) >= 11 is 0. The smallest absolute Gasteiger partial charge is 0.142 e. The molecule has 0 aliphatic carbocycles. The molecule has 4 heteroatoms. The van der Waals surface area contributed by atoms with E-state index in [0.29, 0.717) is 0 Å². The van der Waals surface area contributed by atoms with Gasteiger partial charge in [0, 0.05) is 12.6 Å². The number of nitrogens with zero attached hydrogens (tertiary/aromatic N) is 3. The molecule has 2 unspecified atom stereocenters. The van der Waals surface area contributed by atoms with Gasteiger partial charge in [0.25, 0.3) is 0 Å². The molecule has 4 fully saturated rings. The summed E-state index contributed by atoms with van der Waals surface area (Å²) in [5.74, 6) is 0. The molecule has 4 heterocycles. The lowest BCUT2D eigenvalue weighted by atomic mass is 10.2. The second-order valence-electron chi connectivity index (χ2n) is 5.84. The molecule has 2 atom stereocenters. The maximum Gasteiger partial charge on any atom is 0.142 e. The monoisotopic (exact) mass is 248 g/mol. The fourth-order valence-electron chi connectivity index (χ4n) is 3.64. The SMILES string of the molecule is Cc1ccc([N+]23CN4CN(CP(C4)C2)C3)cc1. The highest BCUT2D eigenvalue weighted by Crippen LogP contribution is 2.52. The summed E-state index contributed by atoms with van der Waals surface area (Å²) in [4.78, 5) is 5.31. The molecule has 17 heavy (non-hydrogen) atoms. The molecule has 0 spiro atoms. The number of aryl methyl sites for hydroxylation is 1. The molecule has 0 N–H and O–H groups in total. The van der Waals surface area contributed by atoms with Gasteiger partial charge in [0.1, 0.15) is 25.3 Å². The van der Waals surface area contributed by atoms with Crippen molar-refractivity contribution >= 4 is 13.6 Å². The zero-order valence-corrected chi connectivity index (χ0v) is 11.2. The van der Waals surface area contributed by atoms with Gasteiger partial charge in [0.2, 0.25) is 0 Å². The molecular weight excluding hydrogens is 229 g/mol. The molecule has 90 valence electrons. The van der Waals surface area contributed by atoms with E-state index in [9.17, 15) is 0 Å². The van der Waals surface area contributed by atoms with E-state index in [0.717, 1.165) is 0 Å². The summed E-state index contributed by atoms with van der Waals surface area (Å²) in [6.07, 6.45) is 4.18. The summed E-state index contributed by atoms with van der Waals surface area (Å²) in [7, 11) is 0.233. The highest BCUT2D eigenvalue weighted by molar-refractivity contribution is 7.57. The minimum atomic E-state index is 0.233. The van der Waals surface area contributed by atoms with Crippen LogP contribution in [-0.4, -0.2) is 48.7 Å². The molecule has 0 aromatic heterocycles. The lowest BCUT2D eigenvalue weighted by molar-refractivity contribution is -0.0206. The van der Waals surface area contributed by atoms with E-state index in [1.165, 1.54) is 54.6 Å². The number of benzene rings is 1. The van der Waals surface area contributed by atoms with E-state index in [4.69, 9.17) is 0 Å². The van der Waals surface area contributed by atoms with Crippen molar-refractivity contribution in [3.05, 3.63) is 29.8 Å². The highest BCUT2D eigenvalue weighted by atomic mass is 31.1. The Morgan fingerprint density at radius 2 is 1.71 bits per heavy atom. The predicted molar refractivity (Wildman–Crippen MR) is 72.8 cm³/mol. The Morgan fingerprint density at radius 3 is 2.29 bits per heavy atom. The van der Waals surface area contributed by atoms with Crippen LogP contribution in [0.2, 0.25) is 0 Å². The first-order valence-electron chi connectivity index (χ1n) is 6.34. The Labute approximate surface area is 104 Å². The zero-order valence-electron chi connectivity index (χ0n) is 10.3. The molecule has 4 aliphatic rings. The van der Waals surface area contributed by atoms with E-state index < -0.39 is 0 Å². The van der Waals surface area contributed by atoms with Crippen LogP contribution in [0.1, 0.15) is 5.56 Å². The van der Waals surface area contributed by atoms with Crippen LogP contribution in [0.4, 0.5) is 5.69 Å². The maximum atomic E-state index is 2.65. The van der Waals surface area contributed by atoms with Gasteiger partial charge in [0.05, 0.1) is 6.67 Å². The molecule has 4 bridgehead atoms. The maximum absolute atomic E-state index is 2.65. The van der Waals surface area contributed by atoms with Crippen LogP contribution in [0.15, 0.2) is 24.3 Å². The van der Waals surface area contributed by atoms with Crippen molar-refractivity contribution in [3.8, 4) is 0 Å². The first-order valence-corrected chi connectivity index (χ1v) is 8.24. The highest BCUT2D eigenvalue weighted by Gasteiger charge is 2.50. The number of quaternary nitrogens is 1. The van der Waals surface area contributed by atoms with Gasteiger partial charge < -0.3 is 0 Å². The van der Waals surface area contributed by atoms with Gasteiger partial charge in [-0.2, -0.15) is 0 Å². The third kappa shape index (κ3) is 1.57. The van der Waals surface area contributed by atoms with E-state index >= 15 is 0 Å². The molecule has 1 aromatic carbocycles. The number of hydrogen-bond donors (Lipinski definition) is 0. The second kappa shape index (κ2) is 3.52. The summed E-state index contributed by atoms with van der Waals surface area (Å²) in [6, 6.07) is 9.23.